The Bertz CT molecular complexity index is 1700. The summed E-state index contributed by atoms with van der Waals surface area (Å²) in [5, 5.41) is 20.3. The maximum Gasteiger partial charge on any atom is 0.416 e. The normalized spacial score (nSPS) is 17.3. The van der Waals surface area contributed by atoms with Gasteiger partial charge in [0.2, 0.25) is 5.91 Å². The third kappa shape index (κ3) is 7.10. The zero-order chi connectivity index (χ0) is 35.2. The van der Waals surface area contributed by atoms with Gasteiger partial charge in [-0.3, -0.25) is 9.59 Å². The summed E-state index contributed by atoms with van der Waals surface area (Å²) in [5.74, 6) is -2.81. The van der Waals surface area contributed by atoms with E-state index in [0.29, 0.717) is 58.8 Å². The van der Waals surface area contributed by atoms with E-state index in [1.165, 1.54) is 39.1 Å². The third-order valence-electron chi connectivity index (χ3n) is 8.81. The first kappa shape index (κ1) is 35.7. The van der Waals surface area contributed by atoms with Crippen LogP contribution in [0.5, 0.6) is 0 Å². The van der Waals surface area contributed by atoms with E-state index in [4.69, 9.17) is 0 Å². The van der Waals surface area contributed by atoms with E-state index in [1.807, 2.05) is 4.90 Å². The topological polar surface area (TPSA) is 84.6 Å². The molecule has 1 fully saturated rings. The van der Waals surface area contributed by atoms with E-state index in [1.54, 1.807) is 14.0 Å². The number of likely N-dealkylation sites (N-methyl/N-ethyl adjacent to an activating group) is 1. The second kappa shape index (κ2) is 12.8. The molecule has 14 heteroatoms. The first-order chi connectivity index (χ1) is 21.7. The average molecular weight is 684 g/mol. The van der Waals surface area contributed by atoms with Crippen LogP contribution in [0.2, 0.25) is 0 Å². The molecule has 1 saturated carbocycles. The van der Waals surface area contributed by atoms with Crippen LogP contribution in [0.3, 0.4) is 0 Å². The summed E-state index contributed by atoms with van der Waals surface area (Å²) in [6.45, 7) is 4.03. The first-order valence-corrected chi connectivity index (χ1v) is 15.4. The van der Waals surface area contributed by atoms with Crippen LogP contribution in [0.1, 0.15) is 67.3 Å². The van der Waals surface area contributed by atoms with Gasteiger partial charge in [-0.25, -0.2) is 4.39 Å². The highest BCUT2D eigenvalue weighted by molar-refractivity contribution is 7.20. The van der Waals surface area contributed by atoms with Gasteiger partial charge in [0, 0.05) is 20.1 Å². The fourth-order valence-electron chi connectivity index (χ4n) is 5.98. The lowest BCUT2D eigenvalue weighted by Gasteiger charge is -2.34. The molecule has 1 aliphatic carbocycles. The lowest BCUT2D eigenvalue weighted by atomic mass is 9.81. The summed E-state index contributed by atoms with van der Waals surface area (Å²) in [6, 6.07) is 6.90. The van der Waals surface area contributed by atoms with Crippen molar-refractivity contribution in [3.8, 4) is 16.5 Å². The van der Waals surface area contributed by atoms with Crippen LogP contribution < -0.4 is 9.80 Å². The number of hydrogen-bond donors (Lipinski definition) is 1. The summed E-state index contributed by atoms with van der Waals surface area (Å²) in [5.41, 5.74) is -4.59. The lowest BCUT2D eigenvalue weighted by molar-refractivity contribution is -0.144. The summed E-state index contributed by atoms with van der Waals surface area (Å²) < 4.78 is 96.3. The van der Waals surface area contributed by atoms with Gasteiger partial charge in [-0.15, -0.1) is 11.3 Å². The van der Waals surface area contributed by atoms with Gasteiger partial charge in [0.05, 0.1) is 33.0 Å². The molecule has 0 radical (unpaired) electrons. The number of carbonyl (C=O) groups excluding carboxylic acids is 1. The molecule has 4 rings (SSSR count). The Kier molecular flexibility index (Phi) is 9.75. The number of aliphatic carboxylic acids is 1. The maximum atomic E-state index is 14.2. The molecule has 1 N–H and O–H groups in total. The number of rotatable bonds is 7. The minimum atomic E-state index is -5.13. The van der Waals surface area contributed by atoms with Gasteiger partial charge in [0.25, 0.3) is 0 Å². The number of benzene rings is 2. The minimum Gasteiger partial charge on any atom is -0.481 e. The van der Waals surface area contributed by atoms with Crippen molar-refractivity contribution in [2.75, 3.05) is 23.9 Å². The molecule has 0 aliphatic heterocycles. The number of anilines is 2. The smallest absolute Gasteiger partial charge is 0.416 e. The van der Waals surface area contributed by atoms with Gasteiger partial charge in [-0.1, -0.05) is 6.07 Å². The Morgan fingerprint density at radius 3 is 1.91 bits per heavy atom. The van der Waals surface area contributed by atoms with Gasteiger partial charge < -0.3 is 14.9 Å². The average Bonchev–Trinajstić information content (AvgIpc) is 3.38. The molecule has 6 nitrogen and oxygen atoms in total. The number of amides is 1. The van der Waals surface area contributed by atoms with Gasteiger partial charge in [-0.05, 0) is 93.5 Å². The molecule has 0 saturated heterocycles. The highest BCUT2D eigenvalue weighted by Gasteiger charge is 2.42. The van der Waals surface area contributed by atoms with E-state index in [2.05, 4.69) is 6.07 Å². The zero-order valence-electron chi connectivity index (χ0n) is 26.1. The SMILES string of the molecule is Cc1cc(F)ccc1-c1sc(N(C)C2CCC(C(=O)O)CC2)c(C#N)c1N(C)C(=O)C(C)(C)c1cc(C(F)(F)F)cc(C(F)(F)F)c1. The maximum absolute atomic E-state index is 14.2. The number of carbonyl (C=O) groups is 2. The summed E-state index contributed by atoms with van der Waals surface area (Å²) in [4.78, 5) is 28.9. The van der Waals surface area contributed by atoms with E-state index in [9.17, 15) is 50.7 Å². The van der Waals surface area contributed by atoms with Crippen LogP contribution >= 0.6 is 11.3 Å². The van der Waals surface area contributed by atoms with E-state index < -0.39 is 58.1 Å². The molecule has 1 heterocycles. The number of hydrogen-bond acceptors (Lipinski definition) is 5. The van der Waals surface area contributed by atoms with Crippen molar-refractivity contribution in [3.05, 3.63) is 70.0 Å². The zero-order valence-corrected chi connectivity index (χ0v) is 26.9. The first-order valence-electron chi connectivity index (χ1n) is 14.6. The molecule has 47 heavy (non-hydrogen) atoms. The predicted octanol–water partition coefficient (Wildman–Crippen LogP) is 8.79. The predicted molar refractivity (Wildman–Crippen MR) is 164 cm³/mol. The van der Waals surface area contributed by atoms with Crippen LogP contribution in [0.4, 0.5) is 41.4 Å². The van der Waals surface area contributed by atoms with E-state index in [0.717, 1.165) is 16.2 Å². The second-order valence-corrected chi connectivity index (χ2v) is 13.3. The van der Waals surface area contributed by atoms with Crippen molar-refractivity contribution in [1.29, 1.82) is 5.26 Å². The van der Waals surface area contributed by atoms with Gasteiger partial charge >= 0.3 is 18.3 Å². The van der Waals surface area contributed by atoms with Crippen LogP contribution in [0, 0.1) is 30.0 Å². The molecule has 1 aliphatic rings. The molecule has 1 aromatic heterocycles. The van der Waals surface area contributed by atoms with E-state index in [-0.39, 0.29) is 23.4 Å². The largest absolute Gasteiger partial charge is 0.481 e. The Morgan fingerprint density at radius 2 is 1.45 bits per heavy atom. The van der Waals surface area contributed by atoms with Crippen LogP contribution in [-0.2, 0) is 27.4 Å². The third-order valence-corrected chi connectivity index (χ3v) is 10.1. The summed E-state index contributed by atoms with van der Waals surface area (Å²) in [7, 11) is 3.02. The number of halogens is 7. The molecule has 0 unspecified atom stereocenters. The fourth-order valence-corrected chi connectivity index (χ4v) is 7.39. The Morgan fingerprint density at radius 1 is 0.915 bits per heavy atom. The van der Waals surface area contributed by atoms with E-state index >= 15 is 0 Å². The molecule has 0 bridgehead atoms. The van der Waals surface area contributed by atoms with Crippen molar-refractivity contribution in [3.63, 3.8) is 0 Å². The number of carboxylic acids is 1. The molecule has 0 atom stereocenters. The highest BCUT2D eigenvalue weighted by atomic mass is 32.1. The van der Waals surface area contributed by atoms with Crippen molar-refractivity contribution in [1.82, 2.24) is 0 Å². The molecular weight excluding hydrogens is 651 g/mol. The van der Waals surface area contributed by atoms with Crippen molar-refractivity contribution >= 4 is 33.9 Å². The Balaban J connectivity index is 1.87. The van der Waals surface area contributed by atoms with Gasteiger partial charge in [-0.2, -0.15) is 31.6 Å². The molecule has 1 amide bonds. The monoisotopic (exact) mass is 683 g/mol. The van der Waals surface area contributed by atoms with Gasteiger partial charge in [0.1, 0.15) is 22.5 Å². The minimum absolute atomic E-state index is 0.0120. The second-order valence-electron chi connectivity index (χ2n) is 12.3. The molecule has 0 spiro atoms. The van der Waals surface area contributed by atoms with Crippen molar-refractivity contribution in [2.45, 2.75) is 70.3 Å². The molecular formula is C33H32F7N3O3S. The fraction of sp³-hybridized carbons (Fsp3) is 0.424. The lowest BCUT2D eigenvalue weighted by Crippen LogP contribution is -2.42. The van der Waals surface area contributed by atoms with Crippen molar-refractivity contribution in [2.24, 2.45) is 5.92 Å². The van der Waals surface area contributed by atoms with Crippen LogP contribution in [0.25, 0.3) is 10.4 Å². The Hall–Kier alpha value is -4.12. The molecule has 252 valence electrons. The Labute approximate surface area is 271 Å². The number of nitriles is 1. The summed E-state index contributed by atoms with van der Waals surface area (Å²) >= 11 is 1.13. The molecule has 3 aromatic rings. The van der Waals surface area contributed by atoms with Gasteiger partial charge in [0.15, 0.2) is 0 Å². The number of carboxylic acid groups (broad SMARTS) is 1. The number of alkyl halides is 6. The quantitative estimate of drug-likeness (QED) is 0.252. The summed E-state index contributed by atoms with van der Waals surface area (Å²) in [6.07, 6.45) is -8.40. The molecule has 2 aromatic carbocycles. The standard InChI is InChI=1S/C33H32F7N3O3S/c1-17-12-22(34)8-11-24(17)27-26(25(16-41)28(47-27)42(4)23-9-6-18(7-10-23)29(44)45)43(5)30(46)31(2,3)19-13-20(32(35,36)37)15-21(14-19)33(38,39)40/h8,11-15,18,23H,6-7,9-10H2,1-5H3,(H,44,45). The van der Waals surface area contributed by atoms with Crippen molar-refractivity contribution < 1.29 is 45.4 Å². The highest BCUT2D eigenvalue weighted by Crippen LogP contribution is 2.50. The number of nitrogens with zero attached hydrogens (tertiary/aromatic N) is 3. The number of aryl methyl sites for hydroxylation is 1. The number of thiophene rings is 1. The van der Waals surface area contributed by atoms with Crippen LogP contribution in [0.15, 0.2) is 36.4 Å². The van der Waals surface area contributed by atoms with Crippen LogP contribution in [-0.4, -0.2) is 37.1 Å².